The Morgan fingerprint density at radius 2 is 1.11 bits per heavy atom. The second kappa shape index (κ2) is 12.4. The van der Waals surface area contributed by atoms with E-state index < -0.39 is 0 Å². The number of benzene rings is 2. The summed E-state index contributed by atoms with van der Waals surface area (Å²) in [5.41, 5.74) is 8.70. The monoisotopic (exact) mass is 506 g/mol. The van der Waals surface area contributed by atoms with Gasteiger partial charge in [0.2, 0.25) is 0 Å². The van der Waals surface area contributed by atoms with Crippen LogP contribution in [0.4, 0.5) is 0 Å². The Balaban J connectivity index is 1.78. The Morgan fingerprint density at radius 3 is 1.50 bits per heavy atom. The van der Waals surface area contributed by atoms with Crippen LogP contribution < -0.4 is 4.74 Å². The third-order valence-electron chi connectivity index (χ3n) is 8.83. The highest BCUT2D eigenvalue weighted by atomic mass is 32.1. The average molecular weight is 507 g/mol. The molecular formula is C34H50OS. The largest absolute Gasteiger partial charge is 0.488 e. The van der Waals surface area contributed by atoms with Crippen molar-refractivity contribution in [1.82, 2.24) is 0 Å². The molecule has 0 aliphatic heterocycles. The van der Waals surface area contributed by atoms with Crippen LogP contribution in [0, 0.1) is 0 Å². The number of ether oxygens (including phenoxy) is 1. The minimum absolute atomic E-state index is 0.482. The molecular weight excluding hydrogens is 456 g/mol. The highest BCUT2D eigenvalue weighted by Gasteiger charge is 2.27. The lowest BCUT2D eigenvalue weighted by Crippen LogP contribution is -2.14. The molecule has 198 valence electrons. The predicted octanol–water partition coefficient (Wildman–Crippen LogP) is 11.0. The first-order chi connectivity index (χ1) is 17.3. The van der Waals surface area contributed by atoms with E-state index in [1.54, 1.807) is 0 Å². The Labute approximate surface area is 227 Å². The van der Waals surface area contributed by atoms with E-state index in [9.17, 15) is 0 Å². The fourth-order valence-electron chi connectivity index (χ4n) is 6.67. The smallest absolute Gasteiger partial charge is 0.126 e. The molecule has 1 nitrogen and oxygen atoms in total. The Kier molecular flexibility index (Phi) is 9.53. The second-order valence-electron chi connectivity index (χ2n) is 12.6. The first kappa shape index (κ1) is 27.6. The van der Waals surface area contributed by atoms with Crippen LogP contribution >= 0.6 is 12.6 Å². The van der Waals surface area contributed by atoms with Gasteiger partial charge in [0.25, 0.3) is 0 Å². The van der Waals surface area contributed by atoms with Gasteiger partial charge in [0.15, 0.2) is 0 Å². The van der Waals surface area contributed by atoms with Crippen molar-refractivity contribution in [2.24, 2.45) is 0 Å². The van der Waals surface area contributed by atoms with Crippen molar-refractivity contribution in [3.63, 3.8) is 0 Å². The van der Waals surface area contributed by atoms with Crippen LogP contribution in [0.3, 0.4) is 0 Å². The molecule has 36 heavy (non-hydrogen) atoms. The lowest BCUT2D eigenvalue weighted by molar-refractivity contribution is 0.285. The van der Waals surface area contributed by atoms with E-state index in [2.05, 4.69) is 65.8 Å². The summed E-state index contributed by atoms with van der Waals surface area (Å²) in [4.78, 5) is 1.12. The van der Waals surface area contributed by atoms with Crippen LogP contribution in [-0.2, 0) is 6.61 Å². The van der Waals surface area contributed by atoms with Gasteiger partial charge in [0.1, 0.15) is 12.4 Å². The molecule has 0 atom stereocenters. The SMILES string of the molecule is CC(C)c1cc(C(C)C)c(COc2c(C3CCCCC3)cc(S)cc2C2CCCCC2)c(C(C)C)c1. The molecule has 0 spiro atoms. The van der Waals surface area contributed by atoms with Crippen LogP contribution in [0.5, 0.6) is 5.75 Å². The molecule has 0 N–H and O–H groups in total. The molecule has 0 heterocycles. The van der Waals surface area contributed by atoms with Crippen LogP contribution in [0.25, 0.3) is 0 Å². The summed E-state index contributed by atoms with van der Waals surface area (Å²) in [6.07, 6.45) is 13.3. The van der Waals surface area contributed by atoms with Crippen molar-refractivity contribution in [2.75, 3.05) is 0 Å². The third-order valence-corrected chi connectivity index (χ3v) is 9.09. The maximum absolute atomic E-state index is 7.06. The van der Waals surface area contributed by atoms with Crippen LogP contribution in [0.15, 0.2) is 29.2 Å². The predicted molar refractivity (Wildman–Crippen MR) is 158 cm³/mol. The van der Waals surface area contributed by atoms with Crippen molar-refractivity contribution in [2.45, 2.75) is 147 Å². The standard InChI is InChI=1S/C34H50OS/c1-22(2)27-17-29(23(3)4)33(30(18-27)24(5)6)21-35-34-31(25-13-9-7-10-14-25)19-28(36)20-32(34)26-15-11-8-12-16-26/h17-20,22-26,36H,7-16,21H2,1-6H3. The summed E-state index contributed by atoms with van der Waals surface area (Å²) in [5.74, 6) is 3.93. The van der Waals surface area contributed by atoms with E-state index in [1.807, 2.05) is 0 Å². The molecule has 2 fully saturated rings. The molecule has 2 saturated carbocycles. The molecule has 2 aliphatic carbocycles. The van der Waals surface area contributed by atoms with Gasteiger partial charge in [-0.3, -0.25) is 0 Å². The van der Waals surface area contributed by atoms with Gasteiger partial charge in [-0.25, -0.2) is 0 Å². The summed E-state index contributed by atoms with van der Waals surface area (Å²) >= 11 is 4.91. The summed E-state index contributed by atoms with van der Waals surface area (Å²) in [6, 6.07) is 9.60. The number of hydrogen-bond acceptors (Lipinski definition) is 2. The second-order valence-corrected chi connectivity index (χ2v) is 13.1. The maximum atomic E-state index is 7.06. The third kappa shape index (κ3) is 6.35. The maximum Gasteiger partial charge on any atom is 0.126 e. The molecule has 0 amide bonds. The van der Waals surface area contributed by atoms with Crippen molar-refractivity contribution in [3.8, 4) is 5.75 Å². The van der Waals surface area contributed by atoms with E-state index in [0.717, 1.165) is 4.90 Å². The average Bonchev–Trinajstić information content (AvgIpc) is 2.87. The molecule has 2 aromatic carbocycles. The minimum Gasteiger partial charge on any atom is -0.488 e. The van der Waals surface area contributed by atoms with Crippen molar-refractivity contribution in [3.05, 3.63) is 57.6 Å². The first-order valence-corrected chi connectivity index (χ1v) is 15.4. The molecule has 2 aromatic rings. The van der Waals surface area contributed by atoms with Gasteiger partial charge in [-0.15, -0.1) is 12.6 Å². The van der Waals surface area contributed by atoms with Gasteiger partial charge in [0.05, 0.1) is 0 Å². The lowest BCUT2D eigenvalue weighted by atomic mass is 9.79. The molecule has 0 aromatic heterocycles. The first-order valence-electron chi connectivity index (χ1n) is 14.9. The fraction of sp³-hybridized carbons (Fsp3) is 0.647. The minimum atomic E-state index is 0.482. The van der Waals surface area contributed by atoms with Gasteiger partial charge in [-0.05, 0) is 101 Å². The zero-order valence-electron chi connectivity index (χ0n) is 23.8. The highest BCUT2D eigenvalue weighted by Crippen LogP contribution is 2.46. The molecule has 0 radical (unpaired) electrons. The zero-order chi connectivity index (χ0) is 25.8. The summed E-state index contributed by atoms with van der Waals surface area (Å²) in [7, 11) is 0. The van der Waals surface area contributed by atoms with Gasteiger partial charge in [0, 0.05) is 4.90 Å². The number of thiol groups is 1. The van der Waals surface area contributed by atoms with E-state index >= 15 is 0 Å². The highest BCUT2D eigenvalue weighted by molar-refractivity contribution is 7.80. The topological polar surface area (TPSA) is 9.23 Å². The van der Waals surface area contributed by atoms with Crippen molar-refractivity contribution in [1.29, 1.82) is 0 Å². The Bertz CT molecular complexity index is 938. The van der Waals surface area contributed by atoms with E-state index in [4.69, 9.17) is 17.4 Å². The van der Waals surface area contributed by atoms with Gasteiger partial charge in [-0.1, -0.05) is 92.2 Å². The Hall–Kier alpha value is -1.41. The van der Waals surface area contributed by atoms with Crippen LogP contribution in [-0.4, -0.2) is 0 Å². The van der Waals surface area contributed by atoms with E-state index in [0.29, 0.717) is 36.2 Å². The lowest BCUT2D eigenvalue weighted by Gasteiger charge is -2.30. The van der Waals surface area contributed by atoms with Gasteiger partial charge < -0.3 is 4.74 Å². The van der Waals surface area contributed by atoms with Crippen LogP contribution in [0.1, 0.15) is 169 Å². The van der Waals surface area contributed by atoms with E-state index in [1.165, 1.54) is 103 Å². The number of rotatable bonds is 8. The zero-order valence-corrected chi connectivity index (χ0v) is 24.7. The summed E-state index contributed by atoms with van der Waals surface area (Å²) < 4.78 is 7.06. The van der Waals surface area contributed by atoms with Gasteiger partial charge in [-0.2, -0.15) is 0 Å². The molecule has 2 aliphatic rings. The quantitative estimate of drug-likeness (QED) is 0.350. The molecule has 0 saturated heterocycles. The Morgan fingerprint density at radius 1 is 0.667 bits per heavy atom. The summed E-state index contributed by atoms with van der Waals surface area (Å²) in [6.45, 7) is 14.6. The fourth-order valence-corrected chi connectivity index (χ4v) is 6.95. The molecule has 0 bridgehead atoms. The molecule has 0 unspecified atom stereocenters. The van der Waals surface area contributed by atoms with E-state index in [-0.39, 0.29) is 0 Å². The van der Waals surface area contributed by atoms with Gasteiger partial charge >= 0.3 is 0 Å². The van der Waals surface area contributed by atoms with Crippen molar-refractivity contribution < 1.29 is 4.74 Å². The molecule has 4 rings (SSSR count). The normalized spacial score (nSPS) is 17.9. The van der Waals surface area contributed by atoms with Crippen molar-refractivity contribution >= 4 is 12.6 Å². The molecule has 2 heteroatoms. The number of hydrogen-bond donors (Lipinski definition) is 1. The summed E-state index contributed by atoms with van der Waals surface area (Å²) in [5, 5.41) is 0. The van der Waals surface area contributed by atoms with Crippen LogP contribution in [0.2, 0.25) is 0 Å².